The summed E-state index contributed by atoms with van der Waals surface area (Å²) in [4.78, 5) is 15.5. The summed E-state index contributed by atoms with van der Waals surface area (Å²) in [6, 6.07) is 0. The molecule has 0 radical (unpaired) electrons. The summed E-state index contributed by atoms with van der Waals surface area (Å²) in [5.74, 6) is 0. The monoisotopic (exact) mass is 250 g/mol. The standard InChI is InChI=1S/C11H14N4OS/c16-7-3-1-2-4-8(7)17-11-9-10(13-5-12-9)14-6-15-11/h5-8,16H,1-4H2,(H,12,13,14,15). The fourth-order valence-corrected chi connectivity index (χ4v) is 3.43. The molecular weight excluding hydrogens is 236 g/mol. The van der Waals surface area contributed by atoms with Gasteiger partial charge in [0, 0.05) is 5.25 Å². The van der Waals surface area contributed by atoms with Crippen molar-refractivity contribution in [2.24, 2.45) is 0 Å². The number of aliphatic hydroxyl groups excluding tert-OH is 1. The van der Waals surface area contributed by atoms with Gasteiger partial charge in [-0.1, -0.05) is 24.6 Å². The van der Waals surface area contributed by atoms with Gasteiger partial charge in [0.2, 0.25) is 0 Å². The molecule has 0 aromatic carbocycles. The molecule has 6 heteroatoms. The van der Waals surface area contributed by atoms with Crippen molar-refractivity contribution in [2.75, 3.05) is 0 Å². The minimum atomic E-state index is -0.221. The lowest BCUT2D eigenvalue weighted by atomic mass is 9.97. The van der Waals surface area contributed by atoms with E-state index in [1.165, 1.54) is 12.7 Å². The first-order valence-corrected chi connectivity index (χ1v) is 6.71. The Morgan fingerprint density at radius 1 is 1.24 bits per heavy atom. The molecule has 2 unspecified atom stereocenters. The van der Waals surface area contributed by atoms with Crippen LogP contribution in [0.2, 0.25) is 0 Å². The average molecular weight is 250 g/mol. The molecule has 1 fully saturated rings. The highest BCUT2D eigenvalue weighted by Gasteiger charge is 2.25. The zero-order valence-corrected chi connectivity index (χ0v) is 10.2. The van der Waals surface area contributed by atoms with Gasteiger partial charge in [-0.3, -0.25) is 0 Å². The third-order valence-electron chi connectivity index (χ3n) is 3.12. The van der Waals surface area contributed by atoms with Crippen LogP contribution in [0.5, 0.6) is 0 Å². The molecule has 2 aromatic rings. The quantitative estimate of drug-likeness (QED) is 0.794. The molecule has 17 heavy (non-hydrogen) atoms. The van der Waals surface area contributed by atoms with E-state index in [2.05, 4.69) is 19.9 Å². The van der Waals surface area contributed by atoms with E-state index in [1.807, 2.05) is 0 Å². The van der Waals surface area contributed by atoms with E-state index < -0.39 is 0 Å². The van der Waals surface area contributed by atoms with Gasteiger partial charge in [0.25, 0.3) is 0 Å². The zero-order valence-electron chi connectivity index (χ0n) is 9.33. The normalized spacial score (nSPS) is 25.2. The van der Waals surface area contributed by atoms with Crippen LogP contribution in [0.15, 0.2) is 17.7 Å². The SMILES string of the molecule is OC1CCCCC1Sc1ncnc2nc[nH]c12. The van der Waals surface area contributed by atoms with Crippen molar-refractivity contribution >= 4 is 22.9 Å². The molecule has 2 N–H and O–H groups in total. The summed E-state index contributed by atoms with van der Waals surface area (Å²) in [5.41, 5.74) is 1.56. The van der Waals surface area contributed by atoms with E-state index in [0.717, 1.165) is 29.8 Å². The fraction of sp³-hybridized carbons (Fsp3) is 0.545. The lowest BCUT2D eigenvalue weighted by Crippen LogP contribution is -2.26. The van der Waals surface area contributed by atoms with Gasteiger partial charge in [-0.25, -0.2) is 15.0 Å². The van der Waals surface area contributed by atoms with Crippen molar-refractivity contribution in [3.8, 4) is 0 Å². The van der Waals surface area contributed by atoms with Gasteiger partial charge in [0.15, 0.2) is 5.65 Å². The van der Waals surface area contributed by atoms with E-state index >= 15 is 0 Å². The van der Waals surface area contributed by atoms with Crippen LogP contribution in [-0.2, 0) is 0 Å². The van der Waals surface area contributed by atoms with Crippen LogP contribution >= 0.6 is 11.8 Å². The third-order valence-corrected chi connectivity index (χ3v) is 4.50. The van der Waals surface area contributed by atoms with E-state index in [9.17, 15) is 5.11 Å². The molecule has 3 rings (SSSR count). The van der Waals surface area contributed by atoms with Crippen LogP contribution < -0.4 is 0 Å². The summed E-state index contributed by atoms with van der Waals surface area (Å²) < 4.78 is 0. The number of hydrogen-bond acceptors (Lipinski definition) is 5. The Morgan fingerprint density at radius 3 is 3.00 bits per heavy atom. The van der Waals surface area contributed by atoms with Gasteiger partial charge in [0.1, 0.15) is 16.9 Å². The van der Waals surface area contributed by atoms with Crippen molar-refractivity contribution in [1.29, 1.82) is 0 Å². The second-order valence-electron chi connectivity index (χ2n) is 4.29. The zero-order chi connectivity index (χ0) is 11.7. The van der Waals surface area contributed by atoms with Crippen LogP contribution in [0.1, 0.15) is 25.7 Å². The number of aromatic amines is 1. The molecule has 0 saturated heterocycles. The summed E-state index contributed by atoms with van der Waals surface area (Å²) in [7, 11) is 0. The molecule has 0 amide bonds. The van der Waals surface area contributed by atoms with Gasteiger partial charge in [-0.15, -0.1) is 0 Å². The van der Waals surface area contributed by atoms with Crippen molar-refractivity contribution in [2.45, 2.75) is 42.1 Å². The number of thioether (sulfide) groups is 1. The number of aromatic nitrogens is 4. The van der Waals surface area contributed by atoms with Crippen LogP contribution in [0, 0.1) is 0 Å². The Kier molecular flexibility index (Phi) is 2.98. The molecule has 0 spiro atoms. The minimum absolute atomic E-state index is 0.221. The first-order valence-electron chi connectivity index (χ1n) is 5.83. The molecule has 0 aliphatic heterocycles. The highest BCUT2D eigenvalue weighted by Crippen LogP contribution is 2.34. The van der Waals surface area contributed by atoms with Crippen LogP contribution in [-0.4, -0.2) is 36.4 Å². The molecule has 5 nitrogen and oxygen atoms in total. The predicted octanol–water partition coefficient (Wildman–Crippen LogP) is 1.75. The number of aliphatic hydroxyl groups is 1. The first-order chi connectivity index (χ1) is 8.34. The highest BCUT2D eigenvalue weighted by atomic mass is 32.2. The van der Waals surface area contributed by atoms with Gasteiger partial charge < -0.3 is 10.1 Å². The number of H-pyrrole nitrogens is 1. The van der Waals surface area contributed by atoms with E-state index in [4.69, 9.17) is 0 Å². The molecule has 1 saturated carbocycles. The van der Waals surface area contributed by atoms with Crippen molar-refractivity contribution < 1.29 is 5.11 Å². The Bertz CT molecular complexity index is 515. The third kappa shape index (κ3) is 2.14. The lowest BCUT2D eigenvalue weighted by Gasteiger charge is -2.26. The molecule has 0 bridgehead atoms. The average Bonchev–Trinajstić information content (AvgIpc) is 2.81. The highest BCUT2D eigenvalue weighted by molar-refractivity contribution is 8.00. The van der Waals surface area contributed by atoms with Gasteiger partial charge >= 0.3 is 0 Å². The molecule has 1 aliphatic rings. The minimum Gasteiger partial charge on any atom is -0.392 e. The summed E-state index contributed by atoms with van der Waals surface area (Å²) >= 11 is 1.63. The van der Waals surface area contributed by atoms with E-state index in [0.29, 0.717) is 5.65 Å². The van der Waals surface area contributed by atoms with E-state index in [-0.39, 0.29) is 11.4 Å². The Morgan fingerprint density at radius 2 is 2.12 bits per heavy atom. The largest absolute Gasteiger partial charge is 0.392 e. The lowest BCUT2D eigenvalue weighted by molar-refractivity contribution is 0.137. The topological polar surface area (TPSA) is 74.7 Å². The van der Waals surface area contributed by atoms with E-state index in [1.54, 1.807) is 18.1 Å². The molecular formula is C11H14N4OS. The smallest absolute Gasteiger partial charge is 0.181 e. The number of rotatable bonds is 2. The van der Waals surface area contributed by atoms with Crippen molar-refractivity contribution in [1.82, 2.24) is 19.9 Å². The molecule has 2 heterocycles. The maximum Gasteiger partial charge on any atom is 0.181 e. The summed E-state index contributed by atoms with van der Waals surface area (Å²) in [6.07, 6.45) is 7.19. The summed E-state index contributed by atoms with van der Waals surface area (Å²) in [6.45, 7) is 0. The second-order valence-corrected chi connectivity index (χ2v) is 5.52. The number of nitrogens with one attached hydrogen (secondary N) is 1. The Labute approximate surface area is 103 Å². The molecule has 1 aliphatic carbocycles. The number of fused-ring (bicyclic) bond motifs is 1. The molecule has 90 valence electrons. The van der Waals surface area contributed by atoms with Crippen LogP contribution in [0.25, 0.3) is 11.2 Å². The maximum atomic E-state index is 9.96. The van der Waals surface area contributed by atoms with Crippen LogP contribution in [0.4, 0.5) is 0 Å². The Balaban J connectivity index is 1.86. The summed E-state index contributed by atoms with van der Waals surface area (Å²) in [5, 5.41) is 11.1. The predicted molar refractivity (Wildman–Crippen MR) is 65.8 cm³/mol. The number of hydrogen-bond donors (Lipinski definition) is 2. The molecule has 2 aromatic heterocycles. The van der Waals surface area contributed by atoms with Gasteiger partial charge in [-0.05, 0) is 12.8 Å². The van der Waals surface area contributed by atoms with Gasteiger partial charge in [-0.2, -0.15) is 0 Å². The number of imidazole rings is 1. The molecule has 2 atom stereocenters. The van der Waals surface area contributed by atoms with Crippen LogP contribution in [0.3, 0.4) is 0 Å². The van der Waals surface area contributed by atoms with Crippen molar-refractivity contribution in [3.05, 3.63) is 12.7 Å². The first kappa shape index (κ1) is 11.0. The van der Waals surface area contributed by atoms with Crippen molar-refractivity contribution in [3.63, 3.8) is 0 Å². The number of nitrogens with zero attached hydrogens (tertiary/aromatic N) is 3. The second kappa shape index (κ2) is 4.62. The van der Waals surface area contributed by atoms with Gasteiger partial charge in [0.05, 0.1) is 12.4 Å². The Hall–Kier alpha value is -1.14. The fourth-order valence-electron chi connectivity index (χ4n) is 2.19. The maximum absolute atomic E-state index is 9.96.